The van der Waals surface area contributed by atoms with Crippen LogP contribution in [0.3, 0.4) is 0 Å². The van der Waals surface area contributed by atoms with E-state index in [1.807, 2.05) is 20.0 Å². The number of nitrogens with one attached hydrogen (secondary N) is 1. The number of benzene rings is 1. The lowest BCUT2D eigenvalue weighted by Gasteiger charge is -2.20. The molecule has 3 atom stereocenters. The monoisotopic (exact) mass is 297 g/mol. The van der Waals surface area contributed by atoms with Gasteiger partial charge in [0.1, 0.15) is 5.75 Å². The molecule has 3 heteroatoms. The van der Waals surface area contributed by atoms with Gasteiger partial charge in [-0.1, -0.05) is 22.9 Å². The summed E-state index contributed by atoms with van der Waals surface area (Å²) in [6, 6.07) is 6.68. The molecular formula is C14H20BrNO. The minimum absolute atomic E-state index is 0.407. The fourth-order valence-electron chi connectivity index (χ4n) is 2.46. The SMILES string of the molecule is CCOc1ccc(Br)cc1C(NC)C1CC1C. The van der Waals surface area contributed by atoms with Crippen molar-refractivity contribution in [3.63, 3.8) is 0 Å². The van der Waals surface area contributed by atoms with Crippen LogP contribution in [-0.4, -0.2) is 13.7 Å². The highest BCUT2D eigenvalue weighted by Crippen LogP contribution is 2.48. The second-order valence-corrected chi connectivity index (χ2v) is 5.67. The van der Waals surface area contributed by atoms with Gasteiger partial charge in [-0.3, -0.25) is 0 Å². The van der Waals surface area contributed by atoms with Crippen LogP contribution in [-0.2, 0) is 0 Å². The number of hydrogen-bond acceptors (Lipinski definition) is 2. The molecule has 0 bridgehead atoms. The molecule has 1 aliphatic carbocycles. The normalized spacial score (nSPS) is 24.5. The van der Waals surface area contributed by atoms with E-state index in [-0.39, 0.29) is 0 Å². The Morgan fingerprint density at radius 1 is 1.53 bits per heavy atom. The second-order valence-electron chi connectivity index (χ2n) is 4.76. The van der Waals surface area contributed by atoms with Gasteiger partial charge in [-0.25, -0.2) is 0 Å². The smallest absolute Gasteiger partial charge is 0.124 e. The van der Waals surface area contributed by atoms with Crippen molar-refractivity contribution in [1.29, 1.82) is 0 Å². The molecule has 1 aromatic carbocycles. The Labute approximate surface area is 112 Å². The van der Waals surface area contributed by atoms with Crippen molar-refractivity contribution in [2.75, 3.05) is 13.7 Å². The third-order valence-electron chi connectivity index (χ3n) is 3.52. The highest BCUT2D eigenvalue weighted by atomic mass is 79.9. The Bertz CT molecular complexity index is 394. The summed E-state index contributed by atoms with van der Waals surface area (Å²) in [5.74, 6) is 2.57. The molecule has 0 saturated heterocycles. The van der Waals surface area contributed by atoms with Crippen LogP contribution >= 0.6 is 15.9 Å². The zero-order chi connectivity index (χ0) is 12.4. The molecule has 0 aromatic heterocycles. The van der Waals surface area contributed by atoms with Crippen molar-refractivity contribution in [1.82, 2.24) is 5.32 Å². The van der Waals surface area contributed by atoms with E-state index in [0.29, 0.717) is 12.6 Å². The first-order valence-corrected chi connectivity index (χ1v) is 7.06. The maximum absolute atomic E-state index is 5.73. The van der Waals surface area contributed by atoms with Gasteiger partial charge in [-0.2, -0.15) is 0 Å². The fraction of sp³-hybridized carbons (Fsp3) is 0.571. The van der Waals surface area contributed by atoms with E-state index in [9.17, 15) is 0 Å². The molecule has 0 aliphatic heterocycles. The van der Waals surface area contributed by atoms with E-state index in [1.54, 1.807) is 0 Å². The summed E-state index contributed by atoms with van der Waals surface area (Å²) < 4.78 is 6.84. The van der Waals surface area contributed by atoms with Crippen LogP contribution in [0.15, 0.2) is 22.7 Å². The maximum atomic E-state index is 5.73. The molecule has 1 N–H and O–H groups in total. The highest BCUT2D eigenvalue weighted by Gasteiger charge is 2.40. The Morgan fingerprint density at radius 3 is 2.76 bits per heavy atom. The van der Waals surface area contributed by atoms with Gasteiger partial charge in [0.15, 0.2) is 0 Å². The number of rotatable bonds is 5. The van der Waals surface area contributed by atoms with E-state index in [0.717, 1.165) is 22.1 Å². The van der Waals surface area contributed by atoms with Crippen molar-refractivity contribution >= 4 is 15.9 Å². The van der Waals surface area contributed by atoms with Gasteiger partial charge < -0.3 is 10.1 Å². The van der Waals surface area contributed by atoms with Gasteiger partial charge in [0.05, 0.1) is 6.61 Å². The first-order valence-electron chi connectivity index (χ1n) is 6.26. The Kier molecular flexibility index (Phi) is 4.10. The van der Waals surface area contributed by atoms with Crippen LogP contribution < -0.4 is 10.1 Å². The van der Waals surface area contributed by atoms with Crippen LogP contribution in [0.1, 0.15) is 31.9 Å². The Balaban J connectivity index is 2.30. The van der Waals surface area contributed by atoms with E-state index >= 15 is 0 Å². The van der Waals surface area contributed by atoms with E-state index in [1.165, 1.54) is 12.0 Å². The summed E-state index contributed by atoms with van der Waals surface area (Å²) in [7, 11) is 2.03. The minimum atomic E-state index is 0.407. The van der Waals surface area contributed by atoms with Gasteiger partial charge in [0, 0.05) is 16.1 Å². The lowest BCUT2D eigenvalue weighted by molar-refractivity contribution is 0.329. The van der Waals surface area contributed by atoms with Crippen LogP contribution in [0.5, 0.6) is 5.75 Å². The highest BCUT2D eigenvalue weighted by molar-refractivity contribution is 9.10. The summed E-state index contributed by atoms with van der Waals surface area (Å²) in [5, 5.41) is 3.44. The average molecular weight is 298 g/mol. The summed E-state index contributed by atoms with van der Waals surface area (Å²) in [4.78, 5) is 0. The van der Waals surface area contributed by atoms with Crippen molar-refractivity contribution < 1.29 is 4.74 Å². The number of halogens is 1. The van der Waals surface area contributed by atoms with Crippen molar-refractivity contribution in [2.24, 2.45) is 11.8 Å². The first-order chi connectivity index (χ1) is 8.17. The van der Waals surface area contributed by atoms with E-state index in [4.69, 9.17) is 4.74 Å². The Morgan fingerprint density at radius 2 is 2.24 bits per heavy atom. The van der Waals surface area contributed by atoms with Gasteiger partial charge in [-0.05, 0) is 50.4 Å². The predicted octanol–water partition coefficient (Wildman–Crippen LogP) is 3.76. The molecular weight excluding hydrogens is 278 g/mol. The molecule has 0 amide bonds. The van der Waals surface area contributed by atoms with Crippen molar-refractivity contribution in [2.45, 2.75) is 26.3 Å². The molecule has 1 aromatic rings. The molecule has 0 radical (unpaired) electrons. The third kappa shape index (κ3) is 2.83. The second kappa shape index (κ2) is 5.40. The quantitative estimate of drug-likeness (QED) is 0.893. The number of hydrogen-bond donors (Lipinski definition) is 1. The molecule has 17 heavy (non-hydrogen) atoms. The van der Waals surface area contributed by atoms with Crippen LogP contribution in [0.25, 0.3) is 0 Å². The molecule has 1 saturated carbocycles. The van der Waals surface area contributed by atoms with Crippen molar-refractivity contribution in [3.05, 3.63) is 28.2 Å². The summed E-state index contributed by atoms with van der Waals surface area (Å²) in [5.41, 5.74) is 1.28. The molecule has 2 rings (SSSR count). The van der Waals surface area contributed by atoms with E-state index < -0.39 is 0 Å². The third-order valence-corrected chi connectivity index (χ3v) is 4.01. The predicted molar refractivity (Wildman–Crippen MR) is 74.4 cm³/mol. The van der Waals surface area contributed by atoms with Gasteiger partial charge in [-0.15, -0.1) is 0 Å². The first kappa shape index (κ1) is 12.9. The lowest BCUT2D eigenvalue weighted by atomic mass is 10.0. The largest absolute Gasteiger partial charge is 0.494 e. The molecule has 3 unspecified atom stereocenters. The molecule has 1 aliphatic rings. The van der Waals surface area contributed by atoms with Crippen LogP contribution in [0.2, 0.25) is 0 Å². The van der Waals surface area contributed by atoms with Gasteiger partial charge in [0.25, 0.3) is 0 Å². The maximum Gasteiger partial charge on any atom is 0.124 e. The zero-order valence-corrected chi connectivity index (χ0v) is 12.3. The lowest BCUT2D eigenvalue weighted by Crippen LogP contribution is -2.20. The molecule has 0 spiro atoms. The standard InChI is InChI=1S/C14H20BrNO/c1-4-17-13-6-5-10(15)8-12(13)14(16-3)11-7-9(11)2/h5-6,8-9,11,14,16H,4,7H2,1-3H3. The molecule has 1 fully saturated rings. The zero-order valence-electron chi connectivity index (χ0n) is 10.7. The summed E-state index contributed by atoms with van der Waals surface area (Å²) in [6.45, 7) is 5.05. The summed E-state index contributed by atoms with van der Waals surface area (Å²) in [6.07, 6.45) is 1.31. The topological polar surface area (TPSA) is 21.3 Å². The average Bonchev–Trinajstić information content (AvgIpc) is 3.01. The van der Waals surface area contributed by atoms with Crippen molar-refractivity contribution in [3.8, 4) is 5.75 Å². The minimum Gasteiger partial charge on any atom is -0.494 e. The van der Waals surface area contributed by atoms with Gasteiger partial charge >= 0.3 is 0 Å². The summed E-state index contributed by atoms with van der Waals surface area (Å²) >= 11 is 3.55. The molecule has 0 heterocycles. The number of ether oxygens (including phenoxy) is 1. The van der Waals surface area contributed by atoms with Crippen LogP contribution in [0, 0.1) is 11.8 Å². The van der Waals surface area contributed by atoms with Crippen LogP contribution in [0.4, 0.5) is 0 Å². The fourth-order valence-corrected chi connectivity index (χ4v) is 2.84. The molecule has 94 valence electrons. The Hall–Kier alpha value is -0.540. The molecule has 2 nitrogen and oxygen atoms in total. The van der Waals surface area contributed by atoms with E-state index in [2.05, 4.69) is 40.3 Å². The van der Waals surface area contributed by atoms with Gasteiger partial charge in [0.2, 0.25) is 0 Å².